The lowest BCUT2D eigenvalue weighted by Crippen LogP contribution is -2.17. The minimum Gasteiger partial charge on any atom is -0.493 e. The molecule has 0 saturated carbocycles. The zero-order chi connectivity index (χ0) is 18.5. The molecular weight excluding hydrogens is 354 g/mol. The summed E-state index contributed by atoms with van der Waals surface area (Å²) in [5.41, 5.74) is 1.97. The van der Waals surface area contributed by atoms with Crippen LogP contribution in [0.15, 0.2) is 47.0 Å². The molecule has 3 aromatic rings. The Labute approximate surface area is 157 Å². The second-order valence-electron chi connectivity index (χ2n) is 5.88. The first-order valence-electron chi connectivity index (χ1n) is 8.07. The van der Waals surface area contributed by atoms with Gasteiger partial charge in [0.2, 0.25) is 11.7 Å². The molecule has 2 aromatic carbocycles. The highest BCUT2D eigenvalue weighted by molar-refractivity contribution is 6.30. The highest BCUT2D eigenvalue weighted by Crippen LogP contribution is 2.31. The Kier molecular flexibility index (Phi) is 5.75. The fraction of sp³-hybridized carbons (Fsp3) is 0.263. The molecule has 0 bridgehead atoms. The average Bonchev–Trinajstić information content (AvgIpc) is 3.11. The number of hydrogen-bond acceptors (Lipinski definition) is 6. The molecule has 0 spiro atoms. The van der Waals surface area contributed by atoms with Gasteiger partial charge in [-0.2, -0.15) is 4.98 Å². The van der Waals surface area contributed by atoms with Gasteiger partial charge in [-0.05, 0) is 42.9 Å². The van der Waals surface area contributed by atoms with Crippen LogP contribution in [0.5, 0.6) is 11.5 Å². The molecule has 0 amide bonds. The van der Waals surface area contributed by atoms with Crippen LogP contribution in [0.25, 0.3) is 11.4 Å². The molecule has 0 saturated heterocycles. The summed E-state index contributed by atoms with van der Waals surface area (Å²) in [6, 6.07) is 13.3. The molecule has 0 fully saturated rings. The molecule has 7 heteroatoms. The van der Waals surface area contributed by atoms with Gasteiger partial charge in [0.15, 0.2) is 11.5 Å². The van der Waals surface area contributed by atoms with Crippen molar-refractivity contribution in [2.75, 3.05) is 21.3 Å². The summed E-state index contributed by atoms with van der Waals surface area (Å²) in [6.07, 6.45) is 0. The van der Waals surface area contributed by atoms with Crippen LogP contribution >= 0.6 is 11.6 Å². The molecule has 0 unspecified atom stereocenters. The molecule has 0 aliphatic rings. The van der Waals surface area contributed by atoms with Crippen molar-refractivity contribution in [2.24, 2.45) is 0 Å². The van der Waals surface area contributed by atoms with Crippen LogP contribution in [0, 0.1) is 0 Å². The van der Waals surface area contributed by atoms with E-state index in [0.717, 1.165) is 22.7 Å². The topological polar surface area (TPSA) is 60.6 Å². The minimum atomic E-state index is 0.515. The molecular formula is C19H20ClN3O3. The molecule has 136 valence electrons. The third kappa shape index (κ3) is 4.33. The van der Waals surface area contributed by atoms with Gasteiger partial charge in [-0.3, -0.25) is 4.90 Å². The first-order chi connectivity index (χ1) is 12.6. The van der Waals surface area contributed by atoms with Crippen LogP contribution in [0.3, 0.4) is 0 Å². The minimum absolute atomic E-state index is 0.515. The maximum Gasteiger partial charge on any atom is 0.241 e. The molecule has 6 nitrogen and oxygen atoms in total. The predicted octanol–water partition coefficient (Wildman–Crippen LogP) is 4.04. The van der Waals surface area contributed by atoms with Crippen LogP contribution in [-0.4, -0.2) is 36.3 Å². The van der Waals surface area contributed by atoms with E-state index >= 15 is 0 Å². The van der Waals surface area contributed by atoms with Gasteiger partial charge in [0.25, 0.3) is 0 Å². The van der Waals surface area contributed by atoms with Gasteiger partial charge in [0.1, 0.15) is 0 Å². The van der Waals surface area contributed by atoms with Crippen molar-refractivity contribution in [2.45, 2.75) is 13.1 Å². The molecule has 3 rings (SSSR count). The Hall–Kier alpha value is -2.57. The lowest BCUT2D eigenvalue weighted by Gasteiger charge is -2.14. The highest BCUT2D eigenvalue weighted by atomic mass is 35.5. The van der Waals surface area contributed by atoms with Gasteiger partial charge in [0, 0.05) is 17.1 Å². The largest absolute Gasteiger partial charge is 0.493 e. The van der Waals surface area contributed by atoms with Gasteiger partial charge in [-0.15, -0.1) is 0 Å². The number of halogens is 1. The molecule has 1 aromatic heterocycles. The second kappa shape index (κ2) is 8.21. The molecule has 0 N–H and O–H groups in total. The van der Waals surface area contributed by atoms with Gasteiger partial charge < -0.3 is 14.0 Å². The van der Waals surface area contributed by atoms with Crippen molar-refractivity contribution < 1.29 is 14.0 Å². The van der Waals surface area contributed by atoms with Crippen LogP contribution in [0.4, 0.5) is 0 Å². The number of rotatable bonds is 7. The van der Waals surface area contributed by atoms with Crippen molar-refractivity contribution in [1.82, 2.24) is 15.0 Å². The van der Waals surface area contributed by atoms with Crippen LogP contribution in [0.1, 0.15) is 11.5 Å². The van der Waals surface area contributed by atoms with Crippen molar-refractivity contribution in [3.05, 3.63) is 58.9 Å². The normalized spacial score (nSPS) is 11.0. The van der Waals surface area contributed by atoms with E-state index in [1.165, 1.54) is 0 Å². The van der Waals surface area contributed by atoms with Gasteiger partial charge >= 0.3 is 0 Å². The van der Waals surface area contributed by atoms with E-state index in [4.69, 9.17) is 25.6 Å². The summed E-state index contributed by atoms with van der Waals surface area (Å²) in [7, 11) is 5.18. The first kappa shape index (κ1) is 18.2. The highest BCUT2D eigenvalue weighted by Gasteiger charge is 2.13. The SMILES string of the molecule is COc1ccc(-c2noc(CN(C)Cc3ccc(Cl)cc3)n2)cc1OC. The van der Waals surface area contributed by atoms with Gasteiger partial charge in [-0.25, -0.2) is 0 Å². The Morgan fingerprint density at radius 2 is 1.73 bits per heavy atom. The average molecular weight is 374 g/mol. The summed E-state index contributed by atoms with van der Waals surface area (Å²) in [5, 5.41) is 4.79. The van der Waals surface area contributed by atoms with E-state index in [2.05, 4.69) is 15.0 Å². The summed E-state index contributed by atoms with van der Waals surface area (Å²) in [6.45, 7) is 1.30. The van der Waals surface area contributed by atoms with Crippen molar-refractivity contribution in [3.8, 4) is 22.9 Å². The Morgan fingerprint density at radius 1 is 1.00 bits per heavy atom. The molecule has 0 aliphatic heterocycles. The lowest BCUT2D eigenvalue weighted by atomic mass is 10.2. The van der Waals surface area contributed by atoms with Crippen molar-refractivity contribution in [3.63, 3.8) is 0 Å². The summed E-state index contributed by atoms with van der Waals surface area (Å²) in [5.74, 6) is 2.34. The number of benzene rings is 2. The number of ether oxygens (including phenoxy) is 2. The van der Waals surface area contributed by atoms with Gasteiger partial charge in [-0.1, -0.05) is 28.9 Å². The van der Waals surface area contributed by atoms with Crippen molar-refractivity contribution >= 4 is 11.6 Å². The van der Waals surface area contributed by atoms with Crippen LogP contribution < -0.4 is 9.47 Å². The number of hydrogen-bond donors (Lipinski definition) is 0. The molecule has 0 radical (unpaired) electrons. The van der Waals surface area contributed by atoms with Crippen molar-refractivity contribution in [1.29, 1.82) is 0 Å². The van der Waals surface area contributed by atoms with E-state index in [9.17, 15) is 0 Å². The molecule has 0 aliphatic carbocycles. The van der Waals surface area contributed by atoms with Gasteiger partial charge in [0.05, 0.1) is 20.8 Å². The maximum atomic E-state index is 5.92. The fourth-order valence-electron chi connectivity index (χ4n) is 2.60. The third-order valence-corrected chi connectivity index (χ3v) is 4.13. The zero-order valence-corrected chi connectivity index (χ0v) is 15.7. The third-order valence-electron chi connectivity index (χ3n) is 3.88. The molecule has 0 atom stereocenters. The number of methoxy groups -OCH3 is 2. The summed E-state index contributed by atoms with van der Waals surface area (Å²) >= 11 is 5.92. The molecule has 1 heterocycles. The van der Waals surface area contributed by atoms with E-state index in [1.54, 1.807) is 14.2 Å². The second-order valence-corrected chi connectivity index (χ2v) is 6.32. The Balaban J connectivity index is 1.68. The summed E-state index contributed by atoms with van der Waals surface area (Å²) < 4.78 is 15.9. The van der Waals surface area contributed by atoms with Crippen LogP contribution in [0.2, 0.25) is 5.02 Å². The van der Waals surface area contributed by atoms with E-state index in [-0.39, 0.29) is 0 Å². The monoisotopic (exact) mass is 373 g/mol. The quantitative estimate of drug-likeness (QED) is 0.623. The maximum absolute atomic E-state index is 5.92. The van der Waals surface area contributed by atoms with E-state index in [0.29, 0.717) is 29.8 Å². The predicted molar refractivity (Wildman–Crippen MR) is 99.5 cm³/mol. The Morgan fingerprint density at radius 3 is 2.42 bits per heavy atom. The first-order valence-corrected chi connectivity index (χ1v) is 8.45. The fourth-order valence-corrected chi connectivity index (χ4v) is 2.73. The Bertz CT molecular complexity index is 865. The number of nitrogens with zero attached hydrogens (tertiary/aromatic N) is 3. The smallest absolute Gasteiger partial charge is 0.241 e. The summed E-state index contributed by atoms with van der Waals surface area (Å²) in [4.78, 5) is 6.56. The molecule has 26 heavy (non-hydrogen) atoms. The van der Waals surface area contributed by atoms with E-state index in [1.807, 2.05) is 49.5 Å². The van der Waals surface area contributed by atoms with Crippen LogP contribution in [-0.2, 0) is 13.1 Å². The lowest BCUT2D eigenvalue weighted by molar-refractivity contribution is 0.261. The van der Waals surface area contributed by atoms with E-state index < -0.39 is 0 Å². The number of aromatic nitrogens is 2. The standard InChI is InChI=1S/C19H20ClN3O3/c1-23(11-13-4-7-15(20)8-5-13)12-18-21-19(22-26-18)14-6-9-16(24-2)17(10-14)25-3/h4-10H,11-12H2,1-3H3. The zero-order valence-electron chi connectivity index (χ0n) is 14.9.